The van der Waals surface area contributed by atoms with Crippen LogP contribution in [0.3, 0.4) is 0 Å². The first-order valence-corrected chi connectivity index (χ1v) is 7.37. The predicted molar refractivity (Wildman–Crippen MR) is 89.4 cm³/mol. The second-order valence-electron chi connectivity index (χ2n) is 4.64. The molecule has 5 heteroatoms. The quantitative estimate of drug-likeness (QED) is 0.834. The van der Waals surface area contributed by atoms with Crippen LogP contribution in [0.25, 0.3) is 0 Å². The highest BCUT2D eigenvalue weighted by atomic mass is 35.5. The minimum absolute atomic E-state index is 0.0556. The Labute approximate surface area is 134 Å². The zero-order chi connectivity index (χ0) is 15.2. The molecule has 2 aromatic carbocycles. The maximum Gasteiger partial charge on any atom is 0.226 e. The number of benzene rings is 2. The van der Waals surface area contributed by atoms with Gasteiger partial charge in [0.2, 0.25) is 5.91 Å². The number of halogens is 2. The second-order valence-corrected chi connectivity index (χ2v) is 5.45. The predicted octanol–water partition coefficient (Wildman–Crippen LogP) is 4.74. The van der Waals surface area contributed by atoms with Gasteiger partial charge in [-0.1, -0.05) is 47.5 Å². The van der Waals surface area contributed by atoms with Crippen molar-refractivity contribution in [1.29, 1.82) is 0 Å². The molecule has 0 heterocycles. The summed E-state index contributed by atoms with van der Waals surface area (Å²) in [5, 5.41) is 7.06. The molecule has 2 N–H and O–H groups in total. The van der Waals surface area contributed by atoms with Crippen LogP contribution in [-0.2, 0) is 4.79 Å². The Morgan fingerprint density at radius 2 is 1.71 bits per heavy atom. The van der Waals surface area contributed by atoms with Gasteiger partial charge in [0.25, 0.3) is 0 Å². The lowest BCUT2D eigenvalue weighted by atomic mass is 10.2. The number of carbonyl (C=O) groups excluding carboxylic acids is 1. The average Bonchev–Trinajstić information content (AvgIpc) is 2.45. The highest BCUT2D eigenvalue weighted by Gasteiger charge is 2.07. The normalized spacial score (nSPS) is 10.2. The van der Waals surface area contributed by atoms with Gasteiger partial charge in [0, 0.05) is 18.7 Å². The molecule has 0 saturated heterocycles. The topological polar surface area (TPSA) is 41.1 Å². The fourth-order valence-electron chi connectivity index (χ4n) is 1.89. The van der Waals surface area contributed by atoms with Crippen LogP contribution in [0.15, 0.2) is 42.5 Å². The minimum Gasteiger partial charge on any atom is -0.382 e. The molecule has 0 unspecified atom stereocenters. The van der Waals surface area contributed by atoms with E-state index in [1.54, 1.807) is 18.2 Å². The van der Waals surface area contributed by atoms with Gasteiger partial charge in [-0.25, -0.2) is 0 Å². The van der Waals surface area contributed by atoms with Gasteiger partial charge in [0.1, 0.15) is 0 Å². The lowest BCUT2D eigenvalue weighted by molar-refractivity contribution is -0.115. The van der Waals surface area contributed by atoms with Crippen molar-refractivity contribution in [3.8, 4) is 0 Å². The maximum absolute atomic E-state index is 11.9. The van der Waals surface area contributed by atoms with Crippen LogP contribution in [0.1, 0.15) is 12.0 Å². The molecule has 0 fully saturated rings. The summed E-state index contributed by atoms with van der Waals surface area (Å²) in [6, 6.07) is 13.0. The van der Waals surface area contributed by atoms with Crippen molar-refractivity contribution in [1.82, 2.24) is 0 Å². The van der Waals surface area contributed by atoms with Crippen LogP contribution < -0.4 is 10.6 Å². The van der Waals surface area contributed by atoms with Crippen molar-refractivity contribution in [3.63, 3.8) is 0 Å². The zero-order valence-corrected chi connectivity index (χ0v) is 13.1. The number of anilines is 2. The monoisotopic (exact) mass is 322 g/mol. The molecule has 0 aliphatic carbocycles. The summed E-state index contributed by atoms with van der Waals surface area (Å²) >= 11 is 12.1. The summed E-state index contributed by atoms with van der Waals surface area (Å²) in [5.74, 6) is -0.0556. The number of carbonyl (C=O) groups is 1. The van der Waals surface area contributed by atoms with Gasteiger partial charge >= 0.3 is 0 Å². The van der Waals surface area contributed by atoms with Crippen molar-refractivity contribution in [2.45, 2.75) is 13.3 Å². The lowest BCUT2D eigenvalue weighted by Crippen LogP contribution is -2.17. The van der Waals surface area contributed by atoms with Gasteiger partial charge in [-0.05, 0) is 30.7 Å². The minimum atomic E-state index is -0.0556. The van der Waals surface area contributed by atoms with Crippen LogP contribution in [-0.4, -0.2) is 12.5 Å². The molecule has 0 atom stereocenters. The highest BCUT2D eigenvalue weighted by Crippen LogP contribution is 2.29. The van der Waals surface area contributed by atoms with Gasteiger partial charge < -0.3 is 10.6 Å². The van der Waals surface area contributed by atoms with Crippen LogP contribution in [0.5, 0.6) is 0 Å². The molecule has 0 spiro atoms. The fraction of sp³-hybridized carbons (Fsp3) is 0.188. The first kappa shape index (κ1) is 15.7. The van der Waals surface area contributed by atoms with E-state index in [4.69, 9.17) is 23.2 Å². The number of para-hydroxylation sites is 2. The summed E-state index contributed by atoms with van der Waals surface area (Å²) < 4.78 is 0. The number of nitrogens with one attached hydrogen (secondary N) is 2. The van der Waals surface area contributed by atoms with Crippen LogP contribution in [0.4, 0.5) is 11.4 Å². The molecule has 110 valence electrons. The standard InChI is InChI=1S/C16H16Cl2N2O/c1-11-5-2-3-8-14(11)20-15(21)9-10-19-16-12(17)6-4-7-13(16)18/h2-8,19H,9-10H2,1H3,(H,20,21). The van der Waals surface area contributed by atoms with Crippen molar-refractivity contribution >= 4 is 40.5 Å². The number of hydrogen-bond acceptors (Lipinski definition) is 2. The number of amides is 1. The number of hydrogen-bond donors (Lipinski definition) is 2. The summed E-state index contributed by atoms with van der Waals surface area (Å²) in [6.45, 7) is 2.42. The van der Waals surface area contributed by atoms with E-state index in [9.17, 15) is 4.79 Å². The highest BCUT2D eigenvalue weighted by molar-refractivity contribution is 6.39. The van der Waals surface area contributed by atoms with E-state index in [0.29, 0.717) is 28.7 Å². The van der Waals surface area contributed by atoms with E-state index in [-0.39, 0.29) is 5.91 Å². The molecular weight excluding hydrogens is 307 g/mol. The Kier molecular flexibility index (Phi) is 5.48. The van der Waals surface area contributed by atoms with Crippen molar-refractivity contribution < 1.29 is 4.79 Å². The lowest BCUT2D eigenvalue weighted by Gasteiger charge is -2.11. The van der Waals surface area contributed by atoms with Crippen LogP contribution >= 0.6 is 23.2 Å². The Hall–Kier alpha value is -1.71. The smallest absolute Gasteiger partial charge is 0.226 e. The average molecular weight is 323 g/mol. The summed E-state index contributed by atoms with van der Waals surface area (Å²) in [7, 11) is 0. The van der Waals surface area contributed by atoms with Crippen molar-refractivity contribution in [2.75, 3.05) is 17.2 Å². The molecule has 0 aromatic heterocycles. The first-order valence-electron chi connectivity index (χ1n) is 6.61. The zero-order valence-electron chi connectivity index (χ0n) is 11.6. The maximum atomic E-state index is 11.9. The first-order chi connectivity index (χ1) is 10.1. The van der Waals surface area contributed by atoms with Gasteiger partial charge in [0.15, 0.2) is 0 Å². The number of aryl methyl sites for hydroxylation is 1. The molecule has 2 rings (SSSR count). The van der Waals surface area contributed by atoms with E-state index >= 15 is 0 Å². The van der Waals surface area contributed by atoms with E-state index < -0.39 is 0 Å². The van der Waals surface area contributed by atoms with Gasteiger partial charge in [-0.2, -0.15) is 0 Å². The Bertz CT molecular complexity index is 624. The van der Waals surface area contributed by atoms with Crippen LogP contribution in [0, 0.1) is 6.92 Å². The summed E-state index contributed by atoms with van der Waals surface area (Å²) in [4.78, 5) is 11.9. The van der Waals surface area contributed by atoms with E-state index in [2.05, 4.69) is 10.6 Å². The molecule has 1 amide bonds. The van der Waals surface area contributed by atoms with E-state index in [0.717, 1.165) is 11.3 Å². The largest absolute Gasteiger partial charge is 0.382 e. The third kappa shape index (κ3) is 4.38. The van der Waals surface area contributed by atoms with E-state index in [1.807, 2.05) is 31.2 Å². The van der Waals surface area contributed by atoms with E-state index in [1.165, 1.54) is 0 Å². The Morgan fingerprint density at radius 3 is 2.38 bits per heavy atom. The van der Waals surface area contributed by atoms with Gasteiger partial charge in [-0.3, -0.25) is 4.79 Å². The molecule has 3 nitrogen and oxygen atoms in total. The summed E-state index contributed by atoms with van der Waals surface area (Å²) in [6.07, 6.45) is 0.329. The van der Waals surface area contributed by atoms with Crippen molar-refractivity contribution in [2.24, 2.45) is 0 Å². The summed E-state index contributed by atoms with van der Waals surface area (Å²) in [5.41, 5.74) is 2.52. The molecule has 0 bridgehead atoms. The SMILES string of the molecule is Cc1ccccc1NC(=O)CCNc1c(Cl)cccc1Cl. The second kappa shape index (κ2) is 7.34. The molecule has 0 aliphatic heterocycles. The fourth-order valence-corrected chi connectivity index (χ4v) is 2.42. The molecular formula is C16H16Cl2N2O. The van der Waals surface area contributed by atoms with Crippen molar-refractivity contribution in [3.05, 3.63) is 58.1 Å². The van der Waals surface area contributed by atoms with Crippen LogP contribution in [0.2, 0.25) is 10.0 Å². The molecule has 0 radical (unpaired) electrons. The Balaban J connectivity index is 1.86. The number of rotatable bonds is 5. The third-order valence-electron chi connectivity index (χ3n) is 3.04. The molecule has 2 aromatic rings. The molecule has 0 aliphatic rings. The molecule has 0 saturated carbocycles. The molecule has 21 heavy (non-hydrogen) atoms. The third-order valence-corrected chi connectivity index (χ3v) is 3.67. The van der Waals surface area contributed by atoms with Gasteiger partial charge in [0.05, 0.1) is 15.7 Å². The Morgan fingerprint density at radius 1 is 1.05 bits per heavy atom. The van der Waals surface area contributed by atoms with Gasteiger partial charge in [-0.15, -0.1) is 0 Å².